The van der Waals surface area contributed by atoms with Gasteiger partial charge in [0.2, 0.25) is 0 Å². The fourth-order valence-electron chi connectivity index (χ4n) is 4.99. The molecule has 4 aromatic rings. The molecule has 7 rings (SSSR count). The van der Waals surface area contributed by atoms with Crippen molar-refractivity contribution in [1.29, 1.82) is 0 Å². The van der Waals surface area contributed by atoms with Gasteiger partial charge in [0.15, 0.2) is 0 Å². The summed E-state index contributed by atoms with van der Waals surface area (Å²) in [5.74, 6) is 0.198. The summed E-state index contributed by atoms with van der Waals surface area (Å²) in [6.45, 7) is 4.64. The molecule has 2 fully saturated rings. The van der Waals surface area contributed by atoms with E-state index in [2.05, 4.69) is 27.6 Å². The number of likely N-dealkylation sites (N-methyl/N-ethyl adjacent to an activating group) is 1. The van der Waals surface area contributed by atoms with Crippen molar-refractivity contribution < 1.29 is 18.7 Å². The number of rotatable bonds is 6. The minimum Gasteiger partial charge on any atom is -0.381 e. The van der Waals surface area contributed by atoms with E-state index in [1.807, 2.05) is 34.7 Å². The molecule has 0 atom stereocenters. The molecule has 10 heteroatoms. The van der Waals surface area contributed by atoms with E-state index < -0.39 is 0 Å². The Morgan fingerprint density at radius 3 is 2.74 bits per heavy atom. The van der Waals surface area contributed by atoms with E-state index in [4.69, 9.17) is 14.5 Å². The van der Waals surface area contributed by atoms with Gasteiger partial charge >= 0.3 is 0 Å². The van der Waals surface area contributed by atoms with Crippen LogP contribution in [0.3, 0.4) is 0 Å². The average Bonchev–Trinajstić information content (AvgIpc) is 3.66. The highest BCUT2D eigenvalue weighted by Crippen LogP contribution is 2.35. The molecule has 0 unspecified atom stereocenters. The second kappa shape index (κ2) is 11.1. The standard InChI is InChI=1S/C25H23FN6O2.C4H8O/c1-31(17-13-34-14-17)12-16-3-2-4-22(29-16)30-20-6-5-18(19-10-28-25(33)24(19)20)21-11-27-23-9-15(26)7-8-32(21)23;1-2-4-5-3-1/h2-9,11,17H,10,12-14H2,1H3,(H,28,33)(H,29,30);1-4H2. The third kappa shape index (κ3) is 5.36. The van der Waals surface area contributed by atoms with Crippen LogP contribution in [0.25, 0.3) is 16.9 Å². The number of benzene rings is 1. The lowest BCUT2D eigenvalue weighted by molar-refractivity contribution is -0.0589. The SMILES string of the molecule is C1CCOC1.CN(Cc1cccc(Nc2ccc(-c3cnc4cc(F)ccn34)c3c2C(=O)NC3)n1)C1COC1. The number of aromatic nitrogens is 3. The van der Waals surface area contributed by atoms with Gasteiger partial charge in [-0.05, 0) is 49.7 Å². The van der Waals surface area contributed by atoms with E-state index in [1.165, 1.54) is 25.0 Å². The molecule has 1 aromatic carbocycles. The van der Waals surface area contributed by atoms with Crippen LogP contribution >= 0.6 is 0 Å². The topological polar surface area (TPSA) is 93.0 Å². The minimum absolute atomic E-state index is 0.139. The molecule has 6 heterocycles. The first-order chi connectivity index (χ1) is 19.1. The zero-order valence-electron chi connectivity index (χ0n) is 21.8. The normalized spacial score (nSPS) is 16.5. The third-order valence-corrected chi connectivity index (χ3v) is 7.27. The summed E-state index contributed by atoms with van der Waals surface area (Å²) in [5, 5.41) is 6.26. The van der Waals surface area contributed by atoms with E-state index >= 15 is 0 Å². The number of ether oxygens (including phenoxy) is 2. The fourth-order valence-corrected chi connectivity index (χ4v) is 4.99. The summed E-state index contributed by atoms with van der Waals surface area (Å²) in [6.07, 6.45) is 5.91. The largest absolute Gasteiger partial charge is 0.381 e. The molecule has 1 amide bonds. The first-order valence-corrected chi connectivity index (χ1v) is 13.2. The number of hydrogen-bond acceptors (Lipinski definition) is 7. The molecule has 2 saturated heterocycles. The Hall–Kier alpha value is -3.86. The van der Waals surface area contributed by atoms with Crippen LogP contribution in [0.1, 0.15) is 34.5 Å². The predicted molar refractivity (Wildman–Crippen MR) is 145 cm³/mol. The maximum Gasteiger partial charge on any atom is 0.254 e. The molecule has 39 heavy (non-hydrogen) atoms. The second-order valence-electron chi connectivity index (χ2n) is 9.98. The molecule has 3 aliphatic rings. The number of halogens is 1. The lowest BCUT2D eigenvalue weighted by Gasteiger charge is -2.34. The summed E-state index contributed by atoms with van der Waals surface area (Å²) in [4.78, 5) is 24.1. The van der Waals surface area contributed by atoms with Gasteiger partial charge in [0.1, 0.15) is 17.3 Å². The van der Waals surface area contributed by atoms with E-state index in [9.17, 15) is 9.18 Å². The fraction of sp³-hybridized carbons (Fsp3) is 0.345. The average molecular weight is 531 g/mol. The van der Waals surface area contributed by atoms with Crippen molar-refractivity contribution in [1.82, 2.24) is 24.6 Å². The number of pyridine rings is 2. The first-order valence-electron chi connectivity index (χ1n) is 13.2. The van der Waals surface area contributed by atoms with Crippen LogP contribution < -0.4 is 10.6 Å². The van der Waals surface area contributed by atoms with Crippen molar-refractivity contribution >= 4 is 23.1 Å². The number of fused-ring (bicyclic) bond motifs is 2. The van der Waals surface area contributed by atoms with Gasteiger partial charge in [-0.25, -0.2) is 14.4 Å². The smallest absolute Gasteiger partial charge is 0.254 e. The summed E-state index contributed by atoms with van der Waals surface area (Å²) >= 11 is 0. The van der Waals surface area contributed by atoms with Crippen molar-refractivity contribution in [2.75, 3.05) is 38.8 Å². The van der Waals surface area contributed by atoms with E-state index in [-0.39, 0.29) is 11.7 Å². The van der Waals surface area contributed by atoms with Crippen LogP contribution in [0.5, 0.6) is 0 Å². The van der Waals surface area contributed by atoms with Gasteiger partial charge in [-0.2, -0.15) is 0 Å². The lowest BCUT2D eigenvalue weighted by atomic mass is 9.99. The van der Waals surface area contributed by atoms with Gasteiger partial charge in [-0.3, -0.25) is 14.1 Å². The molecule has 0 spiro atoms. The van der Waals surface area contributed by atoms with Crippen molar-refractivity contribution in [2.24, 2.45) is 0 Å². The monoisotopic (exact) mass is 530 g/mol. The summed E-state index contributed by atoms with van der Waals surface area (Å²) in [5.41, 5.74) is 5.30. The van der Waals surface area contributed by atoms with Crippen LogP contribution in [0.4, 0.5) is 15.9 Å². The van der Waals surface area contributed by atoms with Crippen LogP contribution in [-0.4, -0.2) is 64.7 Å². The maximum absolute atomic E-state index is 13.6. The predicted octanol–water partition coefficient (Wildman–Crippen LogP) is 4.15. The van der Waals surface area contributed by atoms with Crippen molar-refractivity contribution in [2.45, 2.75) is 32.0 Å². The number of hydrogen-bond donors (Lipinski definition) is 2. The molecule has 0 aliphatic carbocycles. The van der Waals surface area contributed by atoms with Gasteiger partial charge in [0, 0.05) is 44.1 Å². The van der Waals surface area contributed by atoms with Crippen molar-refractivity contribution in [3.05, 3.63) is 77.5 Å². The number of carbonyl (C=O) groups is 1. The number of imidazole rings is 1. The minimum atomic E-state index is -0.340. The third-order valence-electron chi connectivity index (χ3n) is 7.27. The molecule has 9 nitrogen and oxygen atoms in total. The van der Waals surface area contributed by atoms with Gasteiger partial charge in [0.25, 0.3) is 5.91 Å². The zero-order valence-corrected chi connectivity index (χ0v) is 21.8. The molecule has 0 radical (unpaired) electrons. The molecule has 0 bridgehead atoms. The summed E-state index contributed by atoms with van der Waals surface area (Å²) in [6, 6.07) is 12.9. The Morgan fingerprint density at radius 2 is 2.00 bits per heavy atom. The van der Waals surface area contributed by atoms with E-state index in [0.717, 1.165) is 55.5 Å². The molecule has 202 valence electrons. The van der Waals surface area contributed by atoms with Gasteiger partial charge in [0.05, 0.1) is 48.1 Å². The Bertz CT molecular complexity index is 1490. The van der Waals surface area contributed by atoms with Crippen LogP contribution in [0.2, 0.25) is 0 Å². The van der Waals surface area contributed by atoms with Crippen LogP contribution in [-0.2, 0) is 22.6 Å². The zero-order chi connectivity index (χ0) is 26.8. The highest BCUT2D eigenvalue weighted by molar-refractivity contribution is 6.06. The first kappa shape index (κ1) is 25.4. The maximum atomic E-state index is 13.6. The molecule has 3 aliphatic heterocycles. The highest BCUT2D eigenvalue weighted by atomic mass is 19.1. The second-order valence-corrected chi connectivity index (χ2v) is 9.98. The number of nitrogens with zero attached hydrogens (tertiary/aromatic N) is 4. The molecule has 2 N–H and O–H groups in total. The number of carbonyl (C=O) groups excluding carboxylic acids is 1. The van der Waals surface area contributed by atoms with Crippen LogP contribution in [0.15, 0.2) is 54.9 Å². The van der Waals surface area contributed by atoms with E-state index in [0.29, 0.717) is 35.3 Å². The molecule has 0 saturated carbocycles. The number of anilines is 2. The Kier molecular flexibility index (Phi) is 7.23. The lowest BCUT2D eigenvalue weighted by Crippen LogP contribution is -2.46. The number of nitrogens with one attached hydrogen (secondary N) is 2. The number of amides is 1. The highest BCUT2D eigenvalue weighted by Gasteiger charge is 2.27. The Labute approximate surface area is 226 Å². The van der Waals surface area contributed by atoms with Crippen LogP contribution in [0, 0.1) is 5.82 Å². The van der Waals surface area contributed by atoms with Crippen molar-refractivity contribution in [3.8, 4) is 11.3 Å². The van der Waals surface area contributed by atoms with Gasteiger partial charge in [-0.15, -0.1) is 0 Å². The Morgan fingerprint density at radius 1 is 1.15 bits per heavy atom. The molecular formula is C29H31FN6O3. The van der Waals surface area contributed by atoms with Gasteiger partial charge in [-0.1, -0.05) is 12.1 Å². The molecular weight excluding hydrogens is 499 g/mol. The summed E-state index contributed by atoms with van der Waals surface area (Å²) in [7, 11) is 2.07. The van der Waals surface area contributed by atoms with E-state index in [1.54, 1.807) is 12.4 Å². The quantitative estimate of drug-likeness (QED) is 0.387. The Balaban J connectivity index is 0.000000500. The van der Waals surface area contributed by atoms with Gasteiger partial charge < -0.3 is 20.1 Å². The van der Waals surface area contributed by atoms with Crippen molar-refractivity contribution in [3.63, 3.8) is 0 Å². The summed E-state index contributed by atoms with van der Waals surface area (Å²) < 4.78 is 25.7. The molecule has 3 aromatic heterocycles.